The molecule has 0 unspecified atom stereocenters. The number of aromatic nitrogens is 1. The van der Waals surface area contributed by atoms with E-state index in [0.29, 0.717) is 16.9 Å². The Morgan fingerprint density at radius 3 is 2.62 bits per heavy atom. The number of nitro groups is 1. The highest BCUT2D eigenvalue weighted by Gasteiger charge is 2.26. The van der Waals surface area contributed by atoms with E-state index in [1.165, 1.54) is 12.3 Å². The van der Waals surface area contributed by atoms with Crippen molar-refractivity contribution in [1.82, 2.24) is 4.98 Å². The van der Waals surface area contributed by atoms with Crippen molar-refractivity contribution in [1.29, 1.82) is 0 Å². The highest BCUT2D eigenvalue weighted by molar-refractivity contribution is 7.94. The third-order valence-corrected chi connectivity index (χ3v) is 5.81. The maximum Gasteiger partial charge on any atom is 0.300 e. The predicted octanol–water partition coefficient (Wildman–Crippen LogP) is 3.47. The quantitative estimate of drug-likeness (QED) is 0.506. The van der Waals surface area contributed by atoms with Crippen molar-refractivity contribution in [2.45, 2.75) is 11.1 Å². The summed E-state index contributed by atoms with van der Waals surface area (Å²) in [6, 6.07) is 2.39. The Hall–Kier alpha value is -1.42. The molecule has 0 spiro atoms. The van der Waals surface area contributed by atoms with Crippen LogP contribution in [0.25, 0.3) is 0 Å². The molecule has 0 amide bonds. The fourth-order valence-electron chi connectivity index (χ4n) is 1.41. The van der Waals surface area contributed by atoms with E-state index in [-0.39, 0.29) is 19.4 Å². The molecule has 0 aliphatic rings. The SMILES string of the molecule is Cc1cnc(Cl)c(NS(=O)(=O)c2cc([N+](=O)[O-])c(Cl)s2)c1. The molecule has 0 saturated heterocycles. The van der Waals surface area contributed by atoms with Crippen molar-refractivity contribution in [2.75, 3.05) is 4.72 Å². The van der Waals surface area contributed by atoms with Crippen LogP contribution in [-0.2, 0) is 10.0 Å². The number of nitrogens with one attached hydrogen (secondary N) is 1. The maximum atomic E-state index is 12.2. The van der Waals surface area contributed by atoms with Crippen LogP contribution in [0.2, 0.25) is 9.49 Å². The van der Waals surface area contributed by atoms with E-state index < -0.39 is 20.6 Å². The van der Waals surface area contributed by atoms with Gasteiger partial charge in [-0.05, 0) is 18.6 Å². The second-order valence-corrected chi connectivity index (χ2v) is 7.86. The molecule has 2 aromatic heterocycles. The Bertz CT molecular complexity index is 820. The lowest BCUT2D eigenvalue weighted by molar-refractivity contribution is -0.384. The van der Waals surface area contributed by atoms with Gasteiger partial charge in [0.15, 0.2) is 9.49 Å². The van der Waals surface area contributed by atoms with Crippen LogP contribution in [0.4, 0.5) is 11.4 Å². The molecule has 112 valence electrons. The fourth-order valence-corrected chi connectivity index (χ4v) is 4.34. The number of hydrogen-bond acceptors (Lipinski definition) is 6. The topological polar surface area (TPSA) is 102 Å². The van der Waals surface area contributed by atoms with Crippen molar-refractivity contribution < 1.29 is 13.3 Å². The van der Waals surface area contributed by atoms with E-state index in [4.69, 9.17) is 23.2 Å². The molecule has 0 atom stereocenters. The van der Waals surface area contributed by atoms with E-state index in [1.807, 2.05) is 0 Å². The van der Waals surface area contributed by atoms with Crippen molar-refractivity contribution in [3.8, 4) is 0 Å². The molecule has 0 fully saturated rings. The minimum Gasteiger partial charge on any atom is -0.276 e. The zero-order valence-electron chi connectivity index (χ0n) is 10.3. The van der Waals surface area contributed by atoms with Crippen LogP contribution in [0, 0.1) is 17.0 Å². The molecule has 0 aromatic carbocycles. The average Bonchev–Trinajstić information content (AvgIpc) is 2.77. The number of rotatable bonds is 4. The van der Waals surface area contributed by atoms with Crippen molar-refractivity contribution >= 4 is 55.9 Å². The number of thiophene rings is 1. The van der Waals surface area contributed by atoms with Crippen LogP contribution >= 0.6 is 34.5 Å². The molecule has 11 heteroatoms. The summed E-state index contributed by atoms with van der Waals surface area (Å²) in [5, 5.41) is 10.7. The first-order valence-electron chi connectivity index (χ1n) is 5.29. The van der Waals surface area contributed by atoms with E-state index >= 15 is 0 Å². The normalized spacial score (nSPS) is 11.4. The number of nitrogens with zero attached hydrogens (tertiary/aromatic N) is 2. The molecule has 0 saturated carbocycles. The molecule has 2 rings (SSSR count). The van der Waals surface area contributed by atoms with Crippen LogP contribution in [-0.4, -0.2) is 18.3 Å². The number of halogens is 2. The third-order valence-electron chi connectivity index (χ3n) is 2.33. The molecular formula is C10H7Cl2N3O4S2. The summed E-state index contributed by atoms with van der Waals surface area (Å²) >= 11 is 12.0. The molecule has 1 N–H and O–H groups in total. The van der Waals surface area contributed by atoms with Gasteiger partial charge in [-0.2, -0.15) is 0 Å². The Kier molecular flexibility index (Phi) is 4.38. The lowest BCUT2D eigenvalue weighted by Crippen LogP contribution is -2.12. The summed E-state index contributed by atoms with van der Waals surface area (Å²) in [6.07, 6.45) is 1.48. The molecule has 0 aliphatic carbocycles. The van der Waals surface area contributed by atoms with Crippen molar-refractivity contribution in [3.63, 3.8) is 0 Å². The number of anilines is 1. The minimum absolute atomic E-state index is 0.0265. The monoisotopic (exact) mass is 367 g/mol. The summed E-state index contributed by atoms with van der Waals surface area (Å²) in [5.74, 6) is 0. The fraction of sp³-hybridized carbons (Fsp3) is 0.100. The average molecular weight is 368 g/mol. The predicted molar refractivity (Wildman–Crippen MR) is 80.8 cm³/mol. The van der Waals surface area contributed by atoms with Crippen LogP contribution in [0.15, 0.2) is 22.5 Å². The van der Waals surface area contributed by atoms with Gasteiger partial charge < -0.3 is 0 Å². The molecule has 21 heavy (non-hydrogen) atoms. The Balaban J connectivity index is 2.41. The molecule has 0 bridgehead atoms. The zero-order chi connectivity index (χ0) is 15.8. The first-order chi connectivity index (χ1) is 9.70. The largest absolute Gasteiger partial charge is 0.300 e. The number of sulfonamides is 1. The summed E-state index contributed by atoms with van der Waals surface area (Å²) in [7, 11) is -4.03. The molecular weight excluding hydrogens is 361 g/mol. The molecule has 2 heterocycles. The van der Waals surface area contributed by atoms with Gasteiger partial charge in [-0.25, -0.2) is 13.4 Å². The van der Waals surface area contributed by atoms with E-state index in [1.54, 1.807) is 6.92 Å². The van der Waals surface area contributed by atoms with Crippen LogP contribution in [0.1, 0.15) is 5.56 Å². The lowest BCUT2D eigenvalue weighted by atomic mass is 10.3. The smallest absolute Gasteiger partial charge is 0.276 e. The number of pyridine rings is 1. The standard InChI is InChI=1S/C10H7Cl2N3O4S2/c1-5-2-6(9(11)13-4-5)14-21(18,19)8-3-7(15(16)17)10(12)20-8/h2-4,14H,1H3. The summed E-state index contributed by atoms with van der Waals surface area (Å²) in [6.45, 7) is 1.72. The summed E-state index contributed by atoms with van der Waals surface area (Å²) in [5.41, 5.74) is 0.326. The Morgan fingerprint density at radius 2 is 2.05 bits per heavy atom. The van der Waals surface area contributed by atoms with E-state index in [9.17, 15) is 18.5 Å². The number of hydrogen-bond donors (Lipinski definition) is 1. The van der Waals surface area contributed by atoms with E-state index in [2.05, 4.69) is 9.71 Å². The van der Waals surface area contributed by atoms with Gasteiger partial charge >= 0.3 is 0 Å². The molecule has 0 aliphatic heterocycles. The summed E-state index contributed by atoms with van der Waals surface area (Å²) < 4.78 is 26.1. The zero-order valence-corrected chi connectivity index (χ0v) is 13.5. The maximum absolute atomic E-state index is 12.2. The second kappa shape index (κ2) is 5.76. The van der Waals surface area contributed by atoms with Crippen LogP contribution < -0.4 is 4.72 Å². The van der Waals surface area contributed by atoms with Gasteiger partial charge in [0, 0.05) is 12.3 Å². The van der Waals surface area contributed by atoms with Gasteiger partial charge in [0.25, 0.3) is 15.7 Å². The summed E-state index contributed by atoms with van der Waals surface area (Å²) in [4.78, 5) is 13.8. The van der Waals surface area contributed by atoms with Gasteiger partial charge in [0.2, 0.25) is 0 Å². The van der Waals surface area contributed by atoms with Gasteiger partial charge in [-0.1, -0.05) is 23.2 Å². The molecule has 0 radical (unpaired) electrons. The first kappa shape index (κ1) is 16.0. The highest BCUT2D eigenvalue weighted by atomic mass is 35.5. The Labute approximate surface area is 133 Å². The third kappa shape index (κ3) is 3.43. The second-order valence-electron chi connectivity index (χ2n) is 3.94. The molecule has 2 aromatic rings. The highest BCUT2D eigenvalue weighted by Crippen LogP contribution is 2.37. The lowest BCUT2D eigenvalue weighted by Gasteiger charge is -2.07. The first-order valence-corrected chi connectivity index (χ1v) is 8.35. The Morgan fingerprint density at radius 1 is 1.38 bits per heavy atom. The van der Waals surface area contributed by atoms with E-state index in [0.717, 1.165) is 6.07 Å². The van der Waals surface area contributed by atoms with Crippen molar-refractivity contribution in [2.24, 2.45) is 0 Å². The van der Waals surface area contributed by atoms with Gasteiger partial charge in [0.05, 0.1) is 10.6 Å². The molecule has 7 nitrogen and oxygen atoms in total. The minimum atomic E-state index is -4.03. The van der Waals surface area contributed by atoms with Gasteiger partial charge in [-0.15, -0.1) is 11.3 Å². The van der Waals surface area contributed by atoms with Crippen molar-refractivity contribution in [3.05, 3.63) is 43.5 Å². The van der Waals surface area contributed by atoms with Gasteiger partial charge in [-0.3, -0.25) is 14.8 Å². The van der Waals surface area contributed by atoms with Crippen LogP contribution in [0.3, 0.4) is 0 Å². The van der Waals surface area contributed by atoms with Gasteiger partial charge in [0.1, 0.15) is 4.21 Å². The number of aryl methyl sites for hydroxylation is 1. The van der Waals surface area contributed by atoms with Crippen LogP contribution in [0.5, 0.6) is 0 Å².